The predicted molar refractivity (Wildman–Crippen MR) is 108 cm³/mol. The molecule has 4 nitrogen and oxygen atoms in total. The lowest BCUT2D eigenvalue weighted by molar-refractivity contribution is -0.120. The molecule has 1 heterocycles. The molecule has 2 aromatic carbocycles. The molecule has 1 amide bonds. The summed E-state index contributed by atoms with van der Waals surface area (Å²) in [5.41, 5.74) is 2.01. The zero-order chi connectivity index (χ0) is 17.8. The van der Waals surface area contributed by atoms with Crippen molar-refractivity contribution >= 4 is 50.9 Å². The van der Waals surface area contributed by atoms with Crippen molar-refractivity contribution in [2.24, 2.45) is 10.9 Å². The molecule has 2 N–H and O–H groups in total. The van der Waals surface area contributed by atoms with E-state index in [0.29, 0.717) is 18.1 Å². The first kappa shape index (κ1) is 17.8. The van der Waals surface area contributed by atoms with E-state index in [4.69, 9.17) is 12.2 Å². The lowest BCUT2D eigenvalue weighted by Crippen LogP contribution is -2.36. The molecular weight excluding hydrogens is 398 g/mol. The van der Waals surface area contributed by atoms with Crippen molar-refractivity contribution < 1.29 is 4.79 Å². The van der Waals surface area contributed by atoms with E-state index in [0.717, 1.165) is 26.3 Å². The highest BCUT2D eigenvalue weighted by molar-refractivity contribution is 9.10. The fourth-order valence-electron chi connectivity index (χ4n) is 2.67. The minimum Gasteiger partial charge on any atom is -0.362 e. The lowest BCUT2D eigenvalue weighted by atomic mass is 10.00. The van der Waals surface area contributed by atoms with Crippen LogP contribution >= 0.6 is 28.1 Å². The summed E-state index contributed by atoms with van der Waals surface area (Å²) >= 11 is 8.72. The van der Waals surface area contributed by atoms with Gasteiger partial charge in [-0.25, -0.2) is 4.99 Å². The molecule has 2 aromatic rings. The van der Waals surface area contributed by atoms with Gasteiger partial charge in [-0.15, -0.1) is 0 Å². The number of thiocarbonyl (C=S) groups is 1. The van der Waals surface area contributed by atoms with Crippen molar-refractivity contribution in [3.05, 3.63) is 63.1 Å². The van der Waals surface area contributed by atoms with Crippen molar-refractivity contribution in [2.75, 3.05) is 11.9 Å². The maximum Gasteiger partial charge on any atom is 0.253 e. The Morgan fingerprint density at radius 2 is 2.12 bits per heavy atom. The van der Waals surface area contributed by atoms with Gasteiger partial charge in [-0.2, -0.15) is 0 Å². The zero-order valence-corrected chi connectivity index (χ0v) is 16.2. The van der Waals surface area contributed by atoms with E-state index in [1.807, 2.05) is 55.5 Å². The van der Waals surface area contributed by atoms with Crippen LogP contribution in [0.25, 0.3) is 6.08 Å². The highest BCUT2D eigenvalue weighted by Crippen LogP contribution is 2.15. The van der Waals surface area contributed by atoms with Crippen LogP contribution < -0.4 is 21.2 Å². The molecule has 1 unspecified atom stereocenters. The number of amides is 1. The fraction of sp³-hybridized carbons (Fsp3) is 0.211. The molecule has 0 bridgehead atoms. The minimum absolute atomic E-state index is 0.0919. The number of nitrogens with one attached hydrogen (secondary N) is 2. The Morgan fingerprint density at radius 3 is 2.92 bits per heavy atom. The molecule has 1 atom stereocenters. The van der Waals surface area contributed by atoms with Crippen molar-refractivity contribution in [3.63, 3.8) is 0 Å². The monoisotopic (exact) mass is 415 g/mol. The zero-order valence-electron chi connectivity index (χ0n) is 13.8. The lowest BCUT2D eigenvalue weighted by Gasteiger charge is -2.14. The Bertz CT molecular complexity index is 942. The number of nitrogens with zero attached hydrogens (tertiary/aromatic N) is 1. The second kappa shape index (κ2) is 7.89. The number of halogens is 1. The van der Waals surface area contributed by atoms with Gasteiger partial charge in [0.05, 0.1) is 11.3 Å². The highest BCUT2D eigenvalue weighted by atomic mass is 79.9. The summed E-state index contributed by atoms with van der Waals surface area (Å²) in [6, 6.07) is 13.8. The number of anilines is 1. The number of carbonyl (C=O) groups excluding carboxylic acids is 1. The normalized spacial score (nSPS) is 15.6. The highest BCUT2D eigenvalue weighted by Gasteiger charge is 2.18. The number of benzene rings is 2. The van der Waals surface area contributed by atoms with Crippen LogP contribution in [-0.4, -0.2) is 17.6 Å². The van der Waals surface area contributed by atoms with E-state index < -0.39 is 0 Å². The molecule has 0 aromatic heterocycles. The maximum absolute atomic E-state index is 12.2. The first-order valence-corrected chi connectivity index (χ1v) is 9.23. The van der Waals surface area contributed by atoms with Gasteiger partial charge in [0, 0.05) is 16.7 Å². The minimum atomic E-state index is -0.212. The third kappa shape index (κ3) is 4.74. The van der Waals surface area contributed by atoms with Crippen LogP contribution in [-0.2, 0) is 4.79 Å². The molecule has 1 aliphatic heterocycles. The van der Waals surface area contributed by atoms with Gasteiger partial charge in [-0.3, -0.25) is 4.79 Å². The van der Waals surface area contributed by atoms with Gasteiger partial charge in [0.25, 0.3) is 5.91 Å². The first-order chi connectivity index (χ1) is 12.0. The SMILES string of the molecule is Cc1ccc2c(c1)=NC(=O)C(CCNC(=S)Nc1cccc(Br)c1)C=2. The van der Waals surface area contributed by atoms with Crippen LogP contribution in [0.1, 0.15) is 12.0 Å². The summed E-state index contributed by atoms with van der Waals surface area (Å²) in [4.78, 5) is 16.4. The third-order valence-electron chi connectivity index (χ3n) is 3.94. The Kier molecular flexibility index (Phi) is 5.60. The molecule has 1 aliphatic rings. The van der Waals surface area contributed by atoms with E-state index in [-0.39, 0.29) is 11.8 Å². The van der Waals surface area contributed by atoms with E-state index in [2.05, 4.69) is 31.6 Å². The molecule has 0 aliphatic carbocycles. The Morgan fingerprint density at radius 1 is 1.28 bits per heavy atom. The second-order valence-electron chi connectivity index (χ2n) is 5.97. The number of carbonyl (C=O) groups is 1. The molecule has 3 rings (SSSR count). The van der Waals surface area contributed by atoms with Crippen molar-refractivity contribution in [2.45, 2.75) is 13.3 Å². The quantitative estimate of drug-likeness (QED) is 0.753. The van der Waals surface area contributed by atoms with Crippen LogP contribution in [0.15, 0.2) is 51.9 Å². The molecule has 6 heteroatoms. The van der Waals surface area contributed by atoms with Gasteiger partial charge in [0.2, 0.25) is 0 Å². The second-order valence-corrected chi connectivity index (χ2v) is 7.29. The summed E-state index contributed by atoms with van der Waals surface area (Å²) in [7, 11) is 0. The first-order valence-electron chi connectivity index (χ1n) is 8.03. The maximum atomic E-state index is 12.2. The Labute approximate surface area is 160 Å². The summed E-state index contributed by atoms with van der Waals surface area (Å²) in [6.07, 6.45) is 2.65. The Hall–Kier alpha value is -2.05. The van der Waals surface area contributed by atoms with Crippen molar-refractivity contribution in [3.8, 4) is 0 Å². The smallest absolute Gasteiger partial charge is 0.253 e. The molecule has 128 valence electrons. The van der Waals surface area contributed by atoms with Gasteiger partial charge in [0.15, 0.2) is 5.11 Å². The molecule has 0 spiro atoms. The average Bonchev–Trinajstić information content (AvgIpc) is 2.55. The Balaban J connectivity index is 1.56. The molecule has 0 radical (unpaired) electrons. The van der Waals surface area contributed by atoms with Crippen LogP contribution in [0.2, 0.25) is 0 Å². The van der Waals surface area contributed by atoms with E-state index in [9.17, 15) is 4.79 Å². The van der Waals surface area contributed by atoms with Crippen LogP contribution in [0.4, 0.5) is 5.69 Å². The number of rotatable bonds is 4. The third-order valence-corrected chi connectivity index (χ3v) is 4.68. The molecular formula is C19H18BrN3OS. The molecule has 0 fully saturated rings. The van der Waals surface area contributed by atoms with Gasteiger partial charge in [-0.05, 0) is 60.6 Å². The standard InChI is InChI=1S/C19H18BrN3OS/c1-12-5-6-13-10-14(18(24)23-17(13)9-12)7-8-21-19(25)22-16-4-2-3-15(20)11-16/h2-6,9-11,14H,7-8H2,1H3,(H2,21,22,25). The number of aryl methyl sites for hydroxylation is 1. The van der Waals surface area contributed by atoms with E-state index >= 15 is 0 Å². The number of hydrogen-bond acceptors (Lipinski definition) is 2. The molecule has 25 heavy (non-hydrogen) atoms. The van der Waals surface area contributed by atoms with E-state index in [1.54, 1.807) is 0 Å². The summed E-state index contributed by atoms with van der Waals surface area (Å²) in [6.45, 7) is 2.60. The van der Waals surface area contributed by atoms with Crippen molar-refractivity contribution in [1.82, 2.24) is 5.32 Å². The van der Waals surface area contributed by atoms with Crippen LogP contribution in [0, 0.1) is 12.8 Å². The number of fused-ring (bicyclic) bond motifs is 1. The average molecular weight is 416 g/mol. The topological polar surface area (TPSA) is 53.5 Å². The summed E-state index contributed by atoms with van der Waals surface area (Å²) in [5.74, 6) is -0.304. The summed E-state index contributed by atoms with van der Waals surface area (Å²) in [5, 5.41) is 8.59. The largest absolute Gasteiger partial charge is 0.362 e. The fourth-order valence-corrected chi connectivity index (χ4v) is 3.29. The van der Waals surface area contributed by atoms with Gasteiger partial charge < -0.3 is 10.6 Å². The molecule has 0 saturated carbocycles. The van der Waals surface area contributed by atoms with Gasteiger partial charge in [0.1, 0.15) is 0 Å². The molecule has 0 saturated heterocycles. The van der Waals surface area contributed by atoms with Gasteiger partial charge >= 0.3 is 0 Å². The number of hydrogen-bond donors (Lipinski definition) is 2. The van der Waals surface area contributed by atoms with Crippen molar-refractivity contribution in [1.29, 1.82) is 0 Å². The van der Waals surface area contributed by atoms with E-state index in [1.165, 1.54) is 0 Å². The van der Waals surface area contributed by atoms with Crippen LogP contribution in [0.5, 0.6) is 0 Å². The summed E-state index contributed by atoms with van der Waals surface area (Å²) < 4.78 is 0.984. The van der Waals surface area contributed by atoms with Crippen LogP contribution in [0.3, 0.4) is 0 Å². The predicted octanol–water partition coefficient (Wildman–Crippen LogP) is 2.69. The van der Waals surface area contributed by atoms with Gasteiger partial charge in [-0.1, -0.05) is 40.2 Å².